The Kier molecular flexibility index (Phi) is 6.89. The molecule has 186 valence electrons. The number of amides is 2. The van der Waals surface area contributed by atoms with Crippen LogP contribution in [0.4, 0.5) is 4.39 Å². The van der Waals surface area contributed by atoms with Crippen molar-refractivity contribution in [1.29, 1.82) is 0 Å². The van der Waals surface area contributed by atoms with Gasteiger partial charge in [-0.25, -0.2) is 9.07 Å². The minimum atomic E-state index is -0.416. The summed E-state index contributed by atoms with van der Waals surface area (Å²) in [6.45, 7) is 0.997. The summed E-state index contributed by atoms with van der Waals surface area (Å²) in [4.78, 5) is 39.9. The SMILES string of the molecule is O=C(Cn1nc(-c2ccc(F)cc2)ccc1=O)NCC(CN1Cc2ccccc2C1=O)c1ccccc1. The van der Waals surface area contributed by atoms with E-state index in [1.54, 1.807) is 23.1 Å². The molecule has 3 aromatic carbocycles. The zero-order valence-corrected chi connectivity index (χ0v) is 20.0. The molecule has 1 aliphatic rings. The van der Waals surface area contributed by atoms with Crippen LogP contribution < -0.4 is 10.9 Å². The summed E-state index contributed by atoms with van der Waals surface area (Å²) in [5, 5.41) is 7.19. The molecule has 0 radical (unpaired) electrons. The molecule has 1 N–H and O–H groups in total. The normalized spacial score (nSPS) is 13.3. The number of rotatable bonds is 8. The molecule has 0 spiro atoms. The lowest BCUT2D eigenvalue weighted by Crippen LogP contribution is -2.38. The minimum Gasteiger partial charge on any atom is -0.354 e. The van der Waals surface area contributed by atoms with Crippen LogP contribution in [-0.2, 0) is 17.9 Å². The molecule has 0 bridgehead atoms. The minimum absolute atomic E-state index is 0.0174. The summed E-state index contributed by atoms with van der Waals surface area (Å²) >= 11 is 0. The molecule has 1 aromatic heterocycles. The summed E-state index contributed by atoms with van der Waals surface area (Å²) in [6.07, 6.45) is 0. The van der Waals surface area contributed by atoms with Gasteiger partial charge in [-0.15, -0.1) is 0 Å². The van der Waals surface area contributed by atoms with Crippen LogP contribution in [0.2, 0.25) is 0 Å². The number of nitrogens with one attached hydrogen (secondary N) is 1. The Balaban J connectivity index is 1.28. The highest BCUT2D eigenvalue weighted by atomic mass is 19.1. The van der Waals surface area contributed by atoms with E-state index in [0.717, 1.165) is 15.8 Å². The van der Waals surface area contributed by atoms with Crippen molar-refractivity contribution in [3.63, 3.8) is 0 Å². The number of fused-ring (bicyclic) bond motifs is 1. The van der Waals surface area contributed by atoms with Gasteiger partial charge in [-0.2, -0.15) is 5.10 Å². The largest absolute Gasteiger partial charge is 0.354 e. The third-order valence-electron chi connectivity index (χ3n) is 6.45. The fraction of sp³-hybridized carbons (Fsp3) is 0.172. The zero-order valence-electron chi connectivity index (χ0n) is 20.0. The maximum absolute atomic E-state index is 13.3. The van der Waals surface area contributed by atoms with Gasteiger partial charge in [0.1, 0.15) is 12.4 Å². The maximum Gasteiger partial charge on any atom is 0.267 e. The highest BCUT2D eigenvalue weighted by Crippen LogP contribution is 2.26. The van der Waals surface area contributed by atoms with E-state index in [9.17, 15) is 18.8 Å². The Labute approximate surface area is 213 Å². The lowest BCUT2D eigenvalue weighted by molar-refractivity contribution is -0.122. The number of halogens is 1. The highest BCUT2D eigenvalue weighted by Gasteiger charge is 2.29. The number of benzene rings is 3. The van der Waals surface area contributed by atoms with Crippen LogP contribution in [0.5, 0.6) is 0 Å². The molecule has 5 rings (SSSR count). The van der Waals surface area contributed by atoms with Crippen molar-refractivity contribution in [3.05, 3.63) is 124 Å². The van der Waals surface area contributed by atoms with Gasteiger partial charge in [0.05, 0.1) is 5.69 Å². The second kappa shape index (κ2) is 10.6. The van der Waals surface area contributed by atoms with Gasteiger partial charge in [0.25, 0.3) is 11.5 Å². The highest BCUT2D eigenvalue weighted by molar-refractivity contribution is 5.98. The first-order chi connectivity index (χ1) is 18.0. The molecule has 0 fully saturated rings. The summed E-state index contributed by atoms with van der Waals surface area (Å²) in [7, 11) is 0. The van der Waals surface area contributed by atoms with Crippen LogP contribution in [0.1, 0.15) is 27.4 Å². The van der Waals surface area contributed by atoms with Crippen LogP contribution in [-0.4, -0.2) is 39.6 Å². The molecule has 2 heterocycles. The Bertz CT molecular complexity index is 1490. The standard InChI is InChI=1S/C29H25FN4O3/c30-24-12-10-21(11-13-24)26-14-15-28(36)34(32-26)19-27(35)31-16-23(20-6-2-1-3-7-20)18-33-17-22-8-4-5-9-25(22)29(33)37/h1-15,23H,16-19H2,(H,31,35). The van der Waals surface area contributed by atoms with Gasteiger partial charge >= 0.3 is 0 Å². The first-order valence-electron chi connectivity index (χ1n) is 12.0. The molecule has 1 aliphatic heterocycles. The van der Waals surface area contributed by atoms with Gasteiger partial charge in [0, 0.05) is 42.7 Å². The smallest absolute Gasteiger partial charge is 0.267 e. The fourth-order valence-electron chi connectivity index (χ4n) is 4.51. The van der Waals surface area contributed by atoms with E-state index in [4.69, 9.17) is 0 Å². The predicted octanol–water partition coefficient (Wildman–Crippen LogP) is 3.61. The van der Waals surface area contributed by atoms with Gasteiger partial charge in [-0.1, -0.05) is 48.5 Å². The summed E-state index contributed by atoms with van der Waals surface area (Å²) in [5.41, 5.74) is 3.39. The molecule has 1 unspecified atom stereocenters. The average Bonchev–Trinajstić information content (AvgIpc) is 3.24. The Hall–Kier alpha value is -4.59. The summed E-state index contributed by atoms with van der Waals surface area (Å²) in [5.74, 6) is -0.901. The second-order valence-corrected chi connectivity index (χ2v) is 8.98. The molecular weight excluding hydrogens is 471 g/mol. The molecule has 4 aromatic rings. The van der Waals surface area contributed by atoms with Crippen LogP contribution in [0, 0.1) is 5.82 Å². The van der Waals surface area contributed by atoms with E-state index < -0.39 is 5.56 Å². The van der Waals surface area contributed by atoms with Crippen molar-refractivity contribution in [2.45, 2.75) is 19.0 Å². The maximum atomic E-state index is 13.3. The zero-order chi connectivity index (χ0) is 25.8. The van der Waals surface area contributed by atoms with Crippen LogP contribution in [0.15, 0.2) is 95.8 Å². The number of hydrogen-bond donors (Lipinski definition) is 1. The Morgan fingerprint density at radius 3 is 2.41 bits per heavy atom. The van der Waals surface area contributed by atoms with Gasteiger partial charge in [-0.05, 0) is 47.5 Å². The molecule has 2 amide bonds. The Morgan fingerprint density at radius 2 is 1.65 bits per heavy atom. The topological polar surface area (TPSA) is 84.3 Å². The van der Waals surface area contributed by atoms with E-state index in [0.29, 0.717) is 29.9 Å². The van der Waals surface area contributed by atoms with Crippen molar-refractivity contribution in [2.24, 2.45) is 0 Å². The quantitative estimate of drug-likeness (QED) is 0.404. The number of carbonyl (C=O) groups is 2. The monoisotopic (exact) mass is 496 g/mol. The van der Waals surface area contributed by atoms with Crippen molar-refractivity contribution >= 4 is 11.8 Å². The van der Waals surface area contributed by atoms with E-state index >= 15 is 0 Å². The van der Waals surface area contributed by atoms with E-state index in [2.05, 4.69) is 10.4 Å². The van der Waals surface area contributed by atoms with E-state index in [1.165, 1.54) is 18.2 Å². The van der Waals surface area contributed by atoms with E-state index in [1.807, 2.05) is 54.6 Å². The lowest BCUT2D eigenvalue weighted by Gasteiger charge is -2.24. The number of aromatic nitrogens is 2. The first kappa shape index (κ1) is 24.1. The van der Waals surface area contributed by atoms with Gasteiger partial charge in [-0.3, -0.25) is 14.4 Å². The van der Waals surface area contributed by atoms with Gasteiger partial charge in [0.15, 0.2) is 0 Å². The van der Waals surface area contributed by atoms with E-state index in [-0.39, 0.29) is 36.6 Å². The molecule has 0 saturated carbocycles. The van der Waals surface area contributed by atoms with Crippen molar-refractivity contribution in [2.75, 3.05) is 13.1 Å². The van der Waals surface area contributed by atoms with Gasteiger partial charge in [0.2, 0.25) is 5.91 Å². The summed E-state index contributed by atoms with van der Waals surface area (Å²) in [6, 6.07) is 25.9. The molecule has 0 saturated heterocycles. The molecule has 8 heteroatoms. The third-order valence-corrected chi connectivity index (χ3v) is 6.45. The van der Waals surface area contributed by atoms with Crippen molar-refractivity contribution in [1.82, 2.24) is 20.0 Å². The van der Waals surface area contributed by atoms with Crippen molar-refractivity contribution in [3.8, 4) is 11.3 Å². The van der Waals surface area contributed by atoms with Crippen LogP contribution >= 0.6 is 0 Å². The molecule has 37 heavy (non-hydrogen) atoms. The number of hydrogen-bond acceptors (Lipinski definition) is 4. The molecule has 1 atom stereocenters. The van der Waals surface area contributed by atoms with Crippen molar-refractivity contribution < 1.29 is 14.0 Å². The average molecular weight is 497 g/mol. The van der Waals surface area contributed by atoms with Gasteiger partial charge < -0.3 is 10.2 Å². The number of carbonyl (C=O) groups excluding carboxylic acids is 2. The molecule has 7 nitrogen and oxygen atoms in total. The van der Waals surface area contributed by atoms with Crippen LogP contribution in [0.25, 0.3) is 11.3 Å². The molecule has 0 aliphatic carbocycles. The van der Waals surface area contributed by atoms with Crippen LogP contribution in [0.3, 0.4) is 0 Å². The summed E-state index contributed by atoms with van der Waals surface area (Å²) < 4.78 is 14.3. The lowest BCUT2D eigenvalue weighted by atomic mass is 9.98. The molecular formula is C29H25FN4O3. The number of nitrogens with zero attached hydrogens (tertiary/aromatic N) is 3. The Morgan fingerprint density at radius 1 is 0.919 bits per heavy atom. The third kappa shape index (κ3) is 5.48. The fourth-order valence-corrected chi connectivity index (χ4v) is 4.51. The second-order valence-electron chi connectivity index (χ2n) is 8.98. The first-order valence-corrected chi connectivity index (χ1v) is 12.0. The predicted molar refractivity (Wildman–Crippen MR) is 137 cm³/mol.